The van der Waals surface area contributed by atoms with Crippen LogP contribution in [-0.4, -0.2) is 4.98 Å². The van der Waals surface area contributed by atoms with Gasteiger partial charge in [-0.2, -0.15) is 0 Å². The molecule has 0 fully saturated rings. The van der Waals surface area contributed by atoms with Crippen LogP contribution in [0.15, 0.2) is 52.5 Å². The van der Waals surface area contributed by atoms with Crippen molar-refractivity contribution in [3.05, 3.63) is 47.7 Å². The predicted molar refractivity (Wildman–Crippen MR) is 56.4 cm³/mol. The molecule has 0 amide bonds. The van der Waals surface area contributed by atoms with Crippen LogP contribution in [0.3, 0.4) is 0 Å². The third kappa shape index (κ3) is 2.29. The number of rotatable bonds is 2. The molecule has 0 unspecified atom stereocenters. The van der Waals surface area contributed by atoms with Gasteiger partial charge < -0.3 is 4.98 Å². The van der Waals surface area contributed by atoms with Crippen LogP contribution in [0.1, 0.15) is 0 Å². The largest absolute Gasteiger partial charge is 0.367 e. The molecule has 0 bridgehead atoms. The Morgan fingerprint density at radius 1 is 1.00 bits per heavy atom. The van der Waals surface area contributed by atoms with Crippen molar-refractivity contribution >= 4 is 23.4 Å². The number of hydrogen-bond donors (Lipinski definition) is 1. The lowest BCUT2D eigenvalue weighted by molar-refractivity contribution is 1.37. The van der Waals surface area contributed by atoms with E-state index >= 15 is 0 Å². The number of benzene rings is 1. The summed E-state index contributed by atoms with van der Waals surface area (Å²) < 4.78 is 0. The zero-order valence-electron chi connectivity index (χ0n) is 6.83. The summed E-state index contributed by atoms with van der Waals surface area (Å²) in [6.45, 7) is 0. The monoisotopic (exact) mass is 209 g/mol. The van der Waals surface area contributed by atoms with Gasteiger partial charge in [0.15, 0.2) is 0 Å². The molecular weight excluding hydrogens is 202 g/mol. The van der Waals surface area contributed by atoms with Crippen molar-refractivity contribution in [2.24, 2.45) is 0 Å². The van der Waals surface area contributed by atoms with E-state index in [2.05, 4.69) is 4.98 Å². The average Bonchev–Trinajstić information content (AvgIpc) is 2.62. The van der Waals surface area contributed by atoms with Gasteiger partial charge in [0.05, 0.1) is 0 Å². The Morgan fingerprint density at radius 2 is 1.77 bits per heavy atom. The highest BCUT2D eigenvalue weighted by Gasteiger charge is 1.96. The minimum Gasteiger partial charge on any atom is -0.367 e. The number of H-pyrrole nitrogens is 1. The molecule has 2 rings (SSSR count). The van der Waals surface area contributed by atoms with Gasteiger partial charge in [0.1, 0.15) is 0 Å². The van der Waals surface area contributed by atoms with E-state index in [0.29, 0.717) is 0 Å². The number of halogens is 1. The van der Waals surface area contributed by atoms with Crippen molar-refractivity contribution in [1.29, 1.82) is 0 Å². The van der Waals surface area contributed by atoms with Gasteiger partial charge in [-0.05, 0) is 30.3 Å². The molecule has 1 nitrogen and oxygen atoms in total. The standard InChI is InChI=1S/C10H8ClNS/c11-8-1-3-9(4-2-8)13-10-5-6-12-7-10/h1-7,12H. The fraction of sp³-hybridized carbons (Fsp3) is 0. The Balaban J connectivity index is 2.15. The van der Waals surface area contributed by atoms with Crippen molar-refractivity contribution < 1.29 is 0 Å². The quantitative estimate of drug-likeness (QED) is 0.795. The van der Waals surface area contributed by atoms with Gasteiger partial charge in [-0.1, -0.05) is 23.4 Å². The number of hydrogen-bond acceptors (Lipinski definition) is 1. The normalized spacial score (nSPS) is 10.2. The molecule has 0 atom stereocenters. The van der Waals surface area contributed by atoms with Crippen LogP contribution in [0, 0.1) is 0 Å². The van der Waals surface area contributed by atoms with E-state index in [0.717, 1.165) is 5.02 Å². The first-order valence-electron chi connectivity index (χ1n) is 3.91. The highest BCUT2D eigenvalue weighted by Crippen LogP contribution is 2.27. The zero-order chi connectivity index (χ0) is 9.10. The minimum absolute atomic E-state index is 0.776. The molecule has 0 aliphatic carbocycles. The highest BCUT2D eigenvalue weighted by atomic mass is 35.5. The SMILES string of the molecule is Clc1ccc(Sc2cc[nH]c2)cc1. The van der Waals surface area contributed by atoms with Crippen LogP contribution >= 0.6 is 23.4 Å². The summed E-state index contributed by atoms with van der Waals surface area (Å²) in [5, 5.41) is 0.776. The molecule has 0 radical (unpaired) electrons. The first-order chi connectivity index (χ1) is 6.34. The molecule has 13 heavy (non-hydrogen) atoms. The molecule has 0 saturated heterocycles. The van der Waals surface area contributed by atoms with E-state index in [9.17, 15) is 0 Å². The summed E-state index contributed by atoms with van der Waals surface area (Å²) in [5.74, 6) is 0. The van der Waals surface area contributed by atoms with Crippen LogP contribution < -0.4 is 0 Å². The van der Waals surface area contributed by atoms with E-state index in [1.165, 1.54) is 9.79 Å². The van der Waals surface area contributed by atoms with Gasteiger partial charge >= 0.3 is 0 Å². The van der Waals surface area contributed by atoms with Crippen molar-refractivity contribution in [2.45, 2.75) is 9.79 Å². The molecule has 1 aromatic heterocycles. The van der Waals surface area contributed by atoms with Crippen LogP contribution in [0.4, 0.5) is 0 Å². The lowest BCUT2D eigenvalue weighted by atomic mass is 10.4. The van der Waals surface area contributed by atoms with E-state index in [-0.39, 0.29) is 0 Å². The van der Waals surface area contributed by atoms with Crippen molar-refractivity contribution in [3.63, 3.8) is 0 Å². The Kier molecular flexibility index (Phi) is 2.62. The second-order valence-electron chi connectivity index (χ2n) is 2.60. The fourth-order valence-corrected chi connectivity index (χ4v) is 1.94. The van der Waals surface area contributed by atoms with E-state index in [4.69, 9.17) is 11.6 Å². The molecular formula is C10H8ClNS. The molecule has 0 saturated carbocycles. The topological polar surface area (TPSA) is 15.8 Å². The third-order valence-corrected chi connectivity index (χ3v) is 2.87. The third-order valence-electron chi connectivity index (χ3n) is 1.62. The van der Waals surface area contributed by atoms with Gasteiger partial charge in [-0.25, -0.2) is 0 Å². The molecule has 1 aromatic carbocycles. The number of aromatic nitrogens is 1. The van der Waals surface area contributed by atoms with Crippen LogP contribution in [0.2, 0.25) is 5.02 Å². The molecule has 66 valence electrons. The first kappa shape index (κ1) is 8.73. The van der Waals surface area contributed by atoms with Crippen molar-refractivity contribution in [3.8, 4) is 0 Å². The Hall–Kier alpha value is -0.860. The van der Waals surface area contributed by atoms with E-state index in [1.807, 2.05) is 42.7 Å². The summed E-state index contributed by atoms with van der Waals surface area (Å²) in [7, 11) is 0. The molecule has 0 spiro atoms. The van der Waals surface area contributed by atoms with Gasteiger partial charge in [-0.15, -0.1) is 0 Å². The maximum Gasteiger partial charge on any atom is 0.0406 e. The first-order valence-corrected chi connectivity index (χ1v) is 5.10. The number of nitrogens with one attached hydrogen (secondary N) is 1. The summed E-state index contributed by atoms with van der Waals surface area (Å²) in [4.78, 5) is 5.42. The van der Waals surface area contributed by atoms with Crippen molar-refractivity contribution in [1.82, 2.24) is 4.98 Å². The van der Waals surface area contributed by atoms with Crippen molar-refractivity contribution in [2.75, 3.05) is 0 Å². The smallest absolute Gasteiger partial charge is 0.0406 e. The Bertz CT molecular complexity index is 366. The lowest BCUT2D eigenvalue weighted by Gasteiger charge is -1.97. The minimum atomic E-state index is 0.776. The molecule has 0 aliphatic heterocycles. The summed E-state index contributed by atoms with van der Waals surface area (Å²) >= 11 is 7.49. The van der Waals surface area contributed by atoms with Gasteiger partial charge in [0, 0.05) is 27.2 Å². The van der Waals surface area contributed by atoms with E-state index in [1.54, 1.807) is 11.8 Å². The van der Waals surface area contributed by atoms with E-state index < -0.39 is 0 Å². The number of aromatic amines is 1. The predicted octanol–water partition coefficient (Wildman–Crippen LogP) is 3.82. The average molecular weight is 210 g/mol. The highest BCUT2D eigenvalue weighted by molar-refractivity contribution is 7.99. The maximum absolute atomic E-state index is 5.78. The van der Waals surface area contributed by atoms with Crippen LogP contribution in [-0.2, 0) is 0 Å². The molecule has 0 aliphatic rings. The molecule has 2 aromatic rings. The summed E-state index contributed by atoms with van der Waals surface area (Å²) in [6.07, 6.45) is 3.89. The zero-order valence-corrected chi connectivity index (χ0v) is 8.40. The van der Waals surface area contributed by atoms with Gasteiger partial charge in [0.25, 0.3) is 0 Å². The van der Waals surface area contributed by atoms with Gasteiger partial charge in [-0.3, -0.25) is 0 Å². The van der Waals surface area contributed by atoms with Crippen LogP contribution in [0.25, 0.3) is 0 Å². The van der Waals surface area contributed by atoms with Crippen LogP contribution in [0.5, 0.6) is 0 Å². The summed E-state index contributed by atoms with van der Waals surface area (Å²) in [5.41, 5.74) is 0. The fourth-order valence-electron chi connectivity index (χ4n) is 1.01. The Labute approximate surface area is 86.1 Å². The molecule has 1 N–H and O–H groups in total. The molecule has 1 heterocycles. The Morgan fingerprint density at radius 3 is 2.38 bits per heavy atom. The lowest BCUT2D eigenvalue weighted by Crippen LogP contribution is -1.69. The molecule has 3 heteroatoms. The summed E-state index contributed by atoms with van der Waals surface area (Å²) in [6, 6.07) is 9.87. The van der Waals surface area contributed by atoms with Gasteiger partial charge in [0.2, 0.25) is 0 Å². The second-order valence-corrected chi connectivity index (χ2v) is 4.19. The second kappa shape index (κ2) is 3.90. The maximum atomic E-state index is 5.78.